The zero-order valence-corrected chi connectivity index (χ0v) is 14.4. The van der Waals surface area contributed by atoms with Crippen LogP contribution in [0.15, 0.2) is 51.7 Å². The number of carbonyl (C=O) groups excluding carboxylic acids is 1. The van der Waals surface area contributed by atoms with E-state index in [1.54, 1.807) is 24.3 Å². The molecule has 9 nitrogen and oxygen atoms in total. The van der Waals surface area contributed by atoms with Crippen molar-refractivity contribution in [2.24, 2.45) is 0 Å². The first-order valence-corrected chi connectivity index (χ1v) is 8.19. The molecule has 3 rings (SSSR count). The van der Waals surface area contributed by atoms with Crippen molar-refractivity contribution >= 4 is 22.8 Å². The van der Waals surface area contributed by atoms with E-state index in [0.29, 0.717) is 18.1 Å². The maximum atomic E-state index is 12.1. The second-order valence-electron chi connectivity index (χ2n) is 5.66. The van der Waals surface area contributed by atoms with Crippen LogP contribution in [-0.2, 0) is 11.3 Å². The van der Waals surface area contributed by atoms with Crippen molar-refractivity contribution in [1.29, 1.82) is 0 Å². The van der Waals surface area contributed by atoms with Crippen LogP contribution in [-0.4, -0.2) is 22.1 Å². The molecule has 1 heterocycles. The van der Waals surface area contributed by atoms with Crippen molar-refractivity contribution in [3.05, 3.63) is 63.1 Å². The Balaban J connectivity index is 1.73. The van der Waals surface area contributed by atoms with Gasteiger partial charge in [0.1, 0.15) is 18.0 Å². The number of nitro benzene ring substituents is 1. The van der Waals surface area contributed by atoms with E-state index >= 15 is 0 Å². The van der Waals surface area contributed by atoms with Gasteiger partial charge in [-0.05, 0) is 36.8 Å². The van der Waals surface area contributed by atoms with Crippen molar-refractivity contribution < 1.29 is 23.6 Å². The van der Waals surface area contributed by atoms with Gasteiger partial charge in [0.15, 0.2) is 5.58 Å². The van der Waals surface area contributed by atoms with Gasteiger partial charge < -0.3 is 13.9 Å². The summed E-state index contributed by atoms with van der Waals surface area (Å²) < 4.78 is 16.7. The first kappa shape index (κ1) is 18.2. The largest absolute Gasteiger partial charge is 0.494 e. The van der Waals surface area contributed by atoms with Crippen molar-refractivity contribution in [2.75, 3.05) is 6.61 Å². The summed E-state index contributed by atoms with van der Waals surface area (Å²) in [6.45, 7) is 2.20. The number of hydrogen-bond acceptors (Lipinski definition) is 7. The van der Waals surface area contributed by atoms with Gasteiger partial charge in [0.2, 0.25) is 0 Å². The number of carbonyl (C=O) groups is 1. The minimum atomic E-state index is -0.800. The first-order chi connectivity index (χ1) is 13.0. The van der Waals surface area contributed by atoms with Crippen LogP contribution in [0.3, 0.4) is 0 Å². The average Bonchev–Trinajstić information content (AvgIpc) is 2.95. The van der Waals surface area contributed by atoms with Crippen LogP contribution >= 0.6 is 0 Å². The van der Waals surface area contributed by atoms with Gasteiger partial charge in [-0.1, -0.05) is 6.92 Å². The van der Waals surface area contributed by atoms with Crippen molar-refractivity contribution in [3.8, 4) is 11.5 Å². The van der Waals surface area contributed by atoms with Gasteiger partial charge in [0.25, 0.3) is 5.69 Å². The third-order valence-corrected chi connectivity index (χ3v) is 3.68. The number of nitro groups is 1. The number of nitrogens with zero attached hydrogens (tertiary/aromatic N) is 2. The molecule has 140 valence electrons. The Bertz CT molecular complexity index is 1030. The molecular formula is C18H16N2O7. The van der Waals surface area contributed by atoms with Gasteiger partial charge in [-0.15, -0.1) is 0 Å². The molecule has 0 amide bonds. The van der Waals surface area contributed by atoms with E-state index in [-0.39, 0.29) is 16.8 Å². The van der Waals surface area contributed by atoms with E-state index in [1.807, 2.05) is 6.92 Å². The summed E-state index contributed by atoms with van der Waals surface area (Å²) in [5.41, 5.74) is 0.0849. The van der Waals surface area contributed by atoms with Gasteiger partial charge in [-0.3, -0.25) is 14.7 Å². The Hall–Kier alpha value is -3.62. The summed E-state index contributed by atoms with van der Waals surface area (Å²) in [5.74, 6) is -0.512. The number of esters is 1. The predicted molar refractivity (Wildman–Crippen MR) is 95.0 cm³/mol. The molecule has 1 aromatic heterocycles. The van der Waals surface area contributed by atoms with Crippen LogP contribution in [0.25, 0.3) is 11.1 Å². The number of fused-ring (bicyclic) bond motifs is 1. The summed E-state index contributed by atoms with van der Waals surface area (Å²) >= 11 is 0. The third kappa shape index (κ3) is 4.14. The lowest BCUT2D eigenvalue weighted by molar-refractivity contribution is -0.384. The molecule has 0 unspecified atom stereocenters. The van der Waals surface area contributed by atoms with Crippen LogP contribution in [0.1, 0.15) is 13.3 Å². The Kier molecular flexibility index (Phi) is 5.20. The molecule has 0 spiro atoms. The smallest absolute Gasteiger partial charge is 0.420 e. The zero-order chi connectivity index (χ0) is 19.4. The van der Waals surface area contributed by atoms with Crippen LogP contribution in [0.2, 0.25) is 0 Å². The molecule has 27 heavy (non-hydrogen) atoms. The molecule has 0 N–H and O–H groups in total. The fourth-order valence-electron chi connectivity index (χ4n) is 2.43. The molecule has 3 aromatic rings. The van der Waals surface area contributed by atoms with E-state index < -0.39 is 23.2 Å². The van der Waals surface area contributed by atoms with Crippen molar-refractivity contribution in [3.63, 3.8) is 0 Å². The SMILES string of the molecule is CCCOc1ccc(OC(=O)Cn2c(=O)oc3cc([N+](=O)[O-])ccc32)cc1. The summed E-state index contributed by atoms with van der Waals surface area (Å²) in [6, 6.07) is 10.2. The van der Waals surface area contributed by atoms with Gasteiger partial charge in [-0.2, -0.15) is 0 Å². The second kappa shape index (κ2) is 7.73. The highest BCUT2D eigenvalue weighted by molar-refractivity contribution is 5.79. The Labute approximate surface area is 152 Å². The topological polar surface area (TPSA) is 114 Å². The normalized spacial score (nSPS) is 10.7. The van der Waals surface area contributed by atoms with Crippen LogP contribution in [0, 0.1) is 10.1 Å². The highest BCUT2D eigenvalue weighted by Crippen LogP contribution is 2.21. The summed E-state index contributed by atoms with van der Waals surface area (Å²) in [5, 5.41) is 10.8. The van der Waals surface area contributed by atoms with E-state index in [2.05, 4.69) is 0 Å². The molecular weight excluding hydrogens is 356 g/mol. The Morgan fingerprint density at radius 1 is 1.19 bits per heavy atom. The van der Waals surface area contributed by atoms with Gasteiger partial charge in [0.05, 0.1) is 23.1 Å². The lowest BCUT2D eigenvalue weighted by atomic mass is 10.3. The quantitative estimate of drug-likeness (QED) is 0.271. The molecule has 0 saturated carbocycles. The van der Waals surface area contributed by atoms with Crippen LogP contribution in [0.5, 0.6) is 11.5 Å². The fourth-order valence-corrected chi connectivity index (χ4v) is 2.43. The molecule has 2 aromatic carbocycles. The minimum Gasteiger partial charge on any atom is -0.494 e. The minimum absolute atomic E-state index is 0.0272. The molecule has 9 heteroatoms. The molecule has 0 aliphatic rings. The van der Waals surface area contributed by atoms with Gasteiger partial charge in [0, 0.05) is 6.07 Å². The number of ether oxygens (including phenoxy) is 2. The molecule has 0 radical (unpaired) electrons. The van der Waals surface area contributed by atoms with Crippen LogP contribution in [0.4, 0.5) is 5.69 Å². The van der Waals surface area contributed by atoms with Gasteiger partial charge >= 0.3 is 11.7 Å². The number of benzene rings is 2. The first-order valence-electron chi connectivity index (χ1n) is 8.19. The summed E-state index contributed by atoms with van der Waals surface area (Å²) in [4.78, 5) is 34.3. The number of hydrogen-bond donors (Lipinski definition) is 0. The number of rotatable bonds is 7. The fraction of sp³-hybridized carbons (Fsp3) is 0.222. The van der Waals surface area contributed by atoms with E-state index in [0.717, 1.165) is 17.1 Å². The molecule has 0 bridgehead atoms. The number of oxazole rings is 1. The highest BCUT2D eigenvalue weighted by atomic mass is 16.6. The lowest BCUT2D eigenvalue weighted by Crippen LogP contribution is -2.23. The second-order valence-corrected chi connectivity index (χ2v) is 5.66. The summed E-state index contributed by atoms with van der Waals surface area (Å²) in [7, 11) is 0. The monoisotopic (exact) mass is 372 g/mol. The van der Waals surface area contributed by atoms with E-state index in [1.165, 1.54) is 12.1 Å². The van der Waals surface area contributed by atoms with Crippen molar-refractivity contribution in [1.82, 2.24) is 4.57 Å². The average molecular weight is 372 g/mol. The van der Waals surface area contributed by atoms with E-state index in [9.17, 15) is 19.7 Å². The third-order valence-electron chi connectivity index (χ3n) is 3.68. The molecule has 0 atom stereocenters. The molecule has 0 aliphatic heterocycles. The highest BCUT2D eigenvalue weighted by Gasteiger charge is 2.17. The van der Waals surface area contributed by atoms with Crippen LogP contribution < -0.4 is 15.2 Å². The van der Waals surface area contributed by atoms with Gasteiger partial charge in [-0.25, -0.2) is 9.59 Å². The standard InChI is InChI=1S/C18H16N2O7/c1-2-9-25-13-4-6-14(7-5-13)26-17(21)11-19-15-8-3-12(20(23)24)10-16(15)27-18(19)22/h3-8,10H,2,9,11H2,1H3. The molecule has 0 aliphatic carbocycles. The zero-order valence-electron chi connectivity index (χ0n) is 14.4. The molecule has 0 saturated heterocycles. The Morgan fingerprint density at radius 2 is 1.89 bits per heavy atom. The maximum Gasteiger partial charge on any atom is 0.420 e. The summed E-state index contributed by atoms with van der Waals surface area (Å²) in [6.07, 6.45) is 0.882. The predicted octanol–water partition coefficient (Wildman–Crippen LogP) is 2.90. The lowest BCUT2D eigenvalue weighted by Gasteiger charge is -2.07. The maximum absolute atomic E-state index is 12.1. The number of non-ortho nitro benzene ring substituents is 1. The molecule has 0 fully saturated rings. The Morgan fingerprint density at radius 3 is 2.56 bits per heavy atom. The van der Waals surface area contributed by atoms with Crippen molar-refractivity contribution in [2.45, 2.75) is 19.9 Å². The number of aromatic nitrogens is 1. The van der Waals surface area contributed by atoms with E-state index in [4.69, 9.17) is 13.9 Å².